The van der Waals surface area contributed by atoms with E-state index in [-0.39, 0.29) is 29.5 Å². The molecule has 7 nitrogen and oxygen atoms in total. The second kappa shape index (κ2) is 7.71. The monoisotopic (exact) mass is 393 g/mol. The molecule has 3 heterocycles. The Bertz CT molecular complexity index is 958. The molecule has 0 unspecified atom stereocenters. The minimum atomic E-state index is -4.59. The van der Waals surface area contributed by atoms with Gasteiger partial charge in [-0.15, -0.1) is 0 Å². The summed E-state index contributed by atoms with van der Waals surface area (Å²) in [4.78, 5) is 19.6. The molecule has 0 aliphatic heterocycles. The van der Waals surface area contributed by atoms with Crippen molar-refractivity contribution in [3.63, 3.8) is 0 Å². The van der Waals surface area contributed by atoms with E-state index in [9.17, 15) is 17.6 Å². The van der Waals surface area contributed by atoms with Crippen molar-refractivity contribution in [2.75, 3.05) is 10.6 Å². The molecule has 146 valence electrons. The third-order valence-corrected chi connectivity index (χ3v) is 3.31. The first kappa shape index (κ1) is 19.4. The van der Waals surface area contributed by atoms with Crippen molar-refractivity contribution in [2.45, 2.75) is 26.1 Å². The molecule has 0 spiro atoms. The molecule has 2 N–H and O–H groups in total. The van der Waals surface area contributed by atoms with Crippen LogP contribution in [-0.2, 0) is 6.18 Å². The lowest BCUT2D eigenvalue weighted by molar-refractivity contribution is -0.141. The quantitative estimate of drug-likeness (QED) is 0.499. The van der Waals surface area contributed by atoms with Crippen LogP contribution in [0.2, 0.25) is 0 Å². The molecule has 0 radical (unpaired) electrons. The van der Waals surface area contributed by atoms with Crippen LogP contribution in [-0.4, -0.2) is 31.0 Å². The van der Waals surface area contributed by atoms with Crippen LogP contribution < -0.4 is 10.6 Å². The molecule has 3 aromatic rings. The van der Waals surface area contributed by atoms with Gasteiger partial charge >= 0.3 is 6.18 Å². The Morgan fingerprint density at radius 2 is 1.68 bits per heavy atom. The van der Waals surface area contributed by atoms with E-state index < -0.39 is 17.8 Å². The molecule has 3 rings (SSSR count). The Labute approximate surface area is 157 Å². The van der Waals surface area contributed by atoms with E-state index in [1.54, 1.807) is 0 Å². The molecule has 0 atom stereocenters. The van der Waals surface area contributed by atoms with Gasteiger partial charge in [-0.25, -0.2) is 9.97 Å². The minimum Gasteiger partial charge on any atom is -0.352 e. The number of rotatable bonds is 5. The number of hydrogen-bond acceptors (Lipinski definition) is 7. The molecule has 0 aromatic carbocycles. The number of aromatic nitrogens is 5. The van der Waals surface area contributed by atoms with Crippen molar-refractivity contribution in [3.8, 4) is 11.5 Å². The summed E-state index contributed by atoms with van der Waals surface area (Å²) in [6, 6.07) is 5.98. The Balaban J connectivity index is 2.01. The number of pyridine rings is 2. The molecule has 28 heavy (non-hydrogen) atoms. The van der Waals surface area contributed by atoms with Gasteiger partial charge in [-0.3, -0.25) is 0 Å². The minimum absolute atomic E-state index is 0.0370. The van der Waals surface area contributed by atoms with E-state index in [0.717, 1.165) is 12.1 Å². The fraction of sp³-hybridized carbons (Fsp3) is 0.235. The Hall–Kier alpha value is -3.37. The highest BCUT2D eigenvalue weighted by Crippen LogP contribution is 2.29. The summed E-state index contributed by atoms with van der Waals surface area (Å²) < 4.78 is 51.8. The average Bonchev–Trinajstić information content (AvgIpc) is 2.62. The smallest absolute Gasteiger partial charge is 0.352 e. The number of halogens is 4. The maximum Gasteiger partial charge on any atom is 0.433 e. The predicted molar refractivity (Wildman–Crippen MR) is 94.3 cm³/mol. The molecule has 0 amide bonds. The van der Waals surface area contributed by atoms with E-state index in [1.807, 2.05) is 13.8 Å². The van der Waals surface area contributed by atoms with Gasteiger partial charge in [0, 0.05) is 6.04 Å². The van der Waals surface area contributed by atoms with E-state index in [4.69, 9.17) is 0 Å². The van der Waals surface area contributed by atoms with Crippen molar-refractivity contribution >= 4 is 17.6 Å². The predicted octanol–water partition coefficient (Wildman–Crippen LogP) is 4.05. The van der Waals surface area contributed by atoms with E-state index in [2.05, 4.69) is 35.6 Å². The number of anilines is 3. The fourth-order valence-electron chi connectivity index (χ4n) is 2.17. The van der Waals surface area contributed by atoms with Gasteiger partial charge in [0.05, 0.1) is 11.9 Å². The number of nitrogens with one attached hydrogen (secondary N) is 2. The molecule has 0 saturated carbocycles. The van der Waals surface area contributed by atoms with Gasteiger partial charge in [-0.2, -0.15) is 32.5 Å². The highest BCUT2D eigenvalue weighted by Gasteiger charge is 2.32. The van der Waals surface area contributed by atoms with Crippen LogP contribution in [0.3, 0.4) is 0 Å². The van der Waals surface area contributed by atoms with Crippen molar-refractivity contribution in [2.24, 2.45) is 0 Å². The van der Waals surface area contributed by atoms with Crippen molar-refractivity contribution in [1.82, 2.24) is 24.9 Å². The van der Waals surface area contributed by atoms with Crippen molar-refractivity contribution in [1.29, 1.82) is 0 Å². The summed E-state index contributed by atoms with van der Waals surface area (Å²) in [5, 5.41) is 5.79. The SMILES string of the molecule is CC(C)Nc1nc(Nc2ccc(F)nc2)nc(-c2cccc(C(F)(F)F)n2)n1. The van der Waals surface area contributed by atoms with Gasteiger partial charge in [0.25, 0.3) is 0 Å². The maximum absolute atomic E-state index is 13.0. The molecule has 0 aliphatic rings. The van der Waals surface area contributed by atoms with Gasteiger partial charge in [0.15, 0.2) is 5.82 Å². The molecule has 0 saturated heterocycles. The fourth-order valence-corrected chi connectivity index (χ4v) is 2.17. The highest BCUT2D eigenvalue weighted by atomic mass is 19.4. The summed E-state index contributed by atoms with van der Waals surface area (Å²) in [6.07, 6.45) is -3.36. The molecular weight excluding hydrogens is 378 g/mol. The van der Waals surface area contributed by atoms with Crippen molar-refractivity contribution < 1.29 is 17.6 Å². The Morgan fingerprint density at radius 1 is 0.929 bits per heavy atom. The second-order valence-electron chi connectivity index (χ2n) is 6.01. The largest absolute Gasteiger partial charge is 0.433 e. The van der Waals surface area contributed by atoms with E-state index in [1.165, 1.54) is 24.4 Å². The first-order valence-electron chi connectivity index (χ1n) is 8.16. The second-order valence-corrected chi connectivity index (χ2v) is 6.01. The third kappa shape index (κ3) is 4.87. The summed E-state index contributed by atoms with van der Waals surface area (Å²) >= 11 is 0. The van der Waals surface area contributed by atoms with E-state index in [0.29, 0.717) is 5.69 Å². The van der Waals surface area contributed by atoms with Gasteiger partial charge in [-0.05, 0) is 38.1 Å². The zero-order chi connectivity index (χ0) is 20.3. The molecule has 0 bridgehead atoms. The van der Waals surface area contributed by atoms with Gasteiger partial charge in [0.2, 0.25) is 17.8 Å². The van der Waals surface area contributed by atoms with Crippen LogP contribution in [0.4, 0.5) is 35.1 Å². The molecule has 11 heteroatoms. The van der Waals surface area contributed by atoms with Crippen LogP contribution >= 0.6 is 0 Å². The highest BCUT2D eigenvalue weighted by molar-refractivity contribution is 5.58. The standard InChI is InChI=1S/C17H15F4N7/c1-9(2)23-15-26-14(11-4-3-5-12(25-11)17(19,20)21)27-16(28-15)24-10-6-7-13(18)22-8-10/h3-9H,1-2H3,(H2,23,24,26,27,28). The number of nitrogens with zero attached hydrogens (tertiary/aromatic N) is 5. The van der Waals surface area contributed by atoms with Crippen LogP contribution in [0.5, 0.6) is 0 Å². The van der Waals surface area contributed by atoms with Gasteiger partial charge < -0.3 is 10.6 Å². The number of alkyl halides is 3. The molecule has 0 fully saturated rings. The van der Waals surface area contributed by atoms with Crippen LogP contribution in [0.25, 0.3) is 11.5 Å². The summed E-state index contributed by atoms with van der Waals surface area (Å²) in [6.45, 7) is 3.70. The van der Waals surface area contributed by atoms with E-state index >= 15 is 0 Å². The lowest BCUT2D eigenvalue weighted by Crippen LogP contribution is -2.15. The van der Waals surface area contributed by atoms with Crippen molar-refractivity contribution in [3.05, 3.63) is 48.2 Å². The first-order valence-corrected chi connectivity index (χ1v) is 8.16. The Kier molecular flexibility index (Phi) is 5.34. The average molecular weight is 393 g/mol. The van der Waals surface area contributed by atoms with Gasteiger partial charge in [0.1, 0.15) is 11.4 Å². The summed E-state index contributed by atoms with van der Waals surface area (Å²) in [7, 11) is 0. The Morgan fingerprint density at radius 3 is 2.32 bits per heavy atom. The molecule has 3 aromatic heterocycles. The van der Waals surface area contributed by atoms with Crippen LogP contribution in [0, 0.1) is 5.95 Å². The van der Waals surface area contributed by atoms with Crippen LogP contribution in [0.15, 0.2) is 36.5 Å². The normalized spacial score (nSPS) is 11.5. The summed E-state index contributed by atoms with van der Waals surface area (Å²) in [5.74, 6) is -0.517. The summed E-state index contributed by atoms with van der Waals surface area (Å²) in [5.41, 5.74) is -0.726. The number of hydrogen-bond donors (Lipinski definition) is 2. The first-order chi connectivity index (χ1) is 13.2. The third-order valence-electron chi connectivity index (χ3n) is 3.31. The van der Waals surface area contributed by atoms with Crippen LogP contribution in [0.1, 0.15) is 19.5 Å². The molecule has 0 aliphatic carbocycles. The maximum atomic E-state index is 13.0. The lowest BCUT2D eigenvalue weighted by atomic mass is 10.3. The van der Waals surface area contributed by atoms with Gasteiger partial charge in [-0.1, -0.05) is 6.07 Å². The lowest BCUT2D eigenvalue weighted by Gasteiger charge is -2.12. The zero-order valence-corrected chi connectivity index (χ0v) is 14.8. The topological polar surface area (TPSA) is 88.5 Å². The molecular formula is C17H15F4N7. The zero-order valence-electron chi connectivity index (χ0n) is 14.8.